The van der Waals surface area contributed by atoms with Gasteiger partial charge in [-0.1, -0.05) is 24.3 Å². The SMILES string of the molecule is Cc1cc(C)c2c(C)c1Cc1c(C)c3c(C)c(c1C)OCc1cccc(n1)-c1cccc(n1)COc1c(C)c(c(C)c(c1C)Cc1c(C)cc(C)c(c1C)C3)C2. The molecule has 0 radical (unpaired) electrons. The number of benzene rings is 4. The molecule has 0 unspecified atom stereocenters. The van der Waals surface area contributed by atoms with Crippen molar-refractivity contribution in [2.45, 2.75) is 122 Å². The summed E-state index contributed by atoms with van der Waals surface area (Å²) in [4.78, 5) is 10.2. The Morgan fingerprint density at radius 2 is 0.643 bits per heavy atom. The lowest BCUT2D eigenvalue weighted by Gasteiger charge is -2.28. The second-order valence-electron chi connectivity index (χ2n) is 16.8. The van der Waals surface area contributed by atoms with E-state index in [1.54, 1.807) is 0 Å². The van der Waals surface area contributed by atoms with Crippen LogP contribution in [-0.2, 0) is 38.9 Å². The second-order valence-corrected chi connectivity index (χ2v) is 16.8. The normalized spacial score (nSPS) is 13.6. The highest BCUT2D eigenvalue weighted by molar-refractivity contribution is 5.63. The van der Waals surface area contributed by atoms with E-state index in [2.05, 4.69) is 119 Å². The average Bonchev–Trinajstić information content (AvgIpc) is 3.16. The van der Waals surface area contributed by atoms with E-state index < -0.39 is 0 Å². The van der Waals surface area contributed by atoms with Crippen LogP contribution in [0.5, 0.6) is 11.5 Å². The van der Waals surface area contributed by atoms with E-state index in [9.17, 15) is 0 Å². The highest BCUT2D eigenvalue weighted by Crippen LogP contribution is 2.42. The van der Waals surface area contributed by atoms with Crippen LogP contribution in [0.1, 0.15) is 123 Å². The summed E-state index contributed by atoms with van der Waals surface area (Å²) in [5.74, 6) is 1.96. The predicted octanol–water partition coefficient (Wildman–Crippen LogP) is 12.0. The first-order chi connectivity index (χ1) is 26.7. The lowest BCUT2D eigenvalue weighted by atomic mass is 9.79. The summed E-state index contributed by atoms with van der Waals surface area (Å²) in [5, 5.41) is 0. The van der Waals surface area contributed by atoms with Gasteiger partial charge in [-0.25, -0.2) is 9.97 Å². The Labute approximate surface area is 334 Å². The zero-order valence-electron chi connectivity index (χ0n) is 35.6. The Morgan fingerprint density at radius 3 is 0.946 bits per heavy atom. The smallest absolute Gasteiger partial charge is 0.130 e. The number of rotatable bonds is 0. The molecule has 4 heterocycles. The molecule has 3 aliphatic rings. The molecule has 0 N–H and O–H groups in total. The van der Waals surface area contributed by atoms with Crippen molar-refractivity contribution < 1.29 is 9.47 Å². The summed E-state index contributed by atoms with van der Waals surface area (Å²) in [6, 6.07) is 17.1. The van der Waals surface area contributed by atoms with E-state index in [4.69, 9.17) is 19.4 Å². The van der Waals surface area contributed by atoms with Crippen molar-refractivity contribution in [1.29, 1.82) is 0 Å². The molecule has 4 nitrogen and oxygen atoms in total. The van der Waals surface area contributed by atoms with Crippen LogP contribution in [0, 0.1) is 83.1 Å². The van der Waals surface area contributed by atoms with Gasteiger partial charge in [-0.05, 0) is 244 Å². The fourth-order valence-electron chi connectivity index (χ4n) is 10.1. The first-order valence-electron chi connectivity index (χ1n) is 20.3. The molecule has 56 heavy (non-hydrogen) atoms. The van der Waals surface area contributed by atoms with E-state index >= 15 is 0 Å². The van der Waals surface area contributed by atoms with Gasteiger partial charge in [-0.2, -0.15) is 0 Å². The molecule has 9 rings (SSSR count). The zero-order valence-corrected chi connectivity index (χ0v) is 35.6. The van der Waals surface area contributed by atoms with Gasteiger partial charge in [0.05, 0.1) is 22.8 Å². The van der Waals surface area contributed by atoms with Gasteiger partial charge in [-0.15, -0.1) is 0 Å². The molecule has 4 heteroatoms. The molecule has 1 aliphatic carbocycles. The minimum Gasteiger partial charge on any atom is -0.487 e. The Hall–Kier alpha value is -5.22. The van der Waals surface area contributed by atoms with Gasteiger partial charge < -0.3 is 9.47 Å². The number of pyridine rings is 2. The van der Waals surface area contributed by atoms with Gasteiger partial charge in [0.15, 0.2) is 0 Å². The zero-order chi connectivity index (χ0) is 39.7. The van der Waals surface area contributed by atoms with Crippen LogP contribution in [0.4, 0.5) is 0 Å². The second kappa shape index (κ2) is 14.4. The van der Waals surface area contributed by atoms with E-state index in [1.165, 1.54) is 111 Å². The van der Waals surface area contributed by atoms with Crippen LogP contribution in [0.3, 0.4) is 0 Å². The van der Waals surface area contributed by atoms with Crippen LogP contribution in [-0.4, -0.2) is 9.97 Å². The van der Waals surface area contributed by atoms with E-state index in [1.807, 2.05) is 12.1 Å². The number of hydrogen-bond donors (Lipinski definition) is 0. The third-order valence-electron chi connectivity index (χ3n) is 13.6. The van der Waals surface area contributed by atoms with Gasteiger partial charge in [0.2, 0.25) is 0 Å². The number of nitrogens with zero attached hydrogens (tertiary/aromatic N) is 2. The molecule has 6 aromatic rings. The maximum absolute atomic E-state index is 6.95. The quantitative estimate of drug-likeness (QED) is 0.155. The molecule has 2 aliphatic heterocycles. The molecule has 286 valence electrons. The molecule has 0 spiro atoms. The minimum absolute atomic E-state index is 0.370. The van der Waals surface area contributed by atoms with Crippen molar-refractivity contribution in [2.75, 3.05) is 0 Å². The van der Waals surface area contributed by atoms with Crippen LogP contribution >= 0.6 is 0 Å². The Morgan fingerprint density at radius 1 is 0.357 bits per heavy atom. The fraction of sp³-hybridized carbons (Fsp3) is 0.346. The summed E-state index contributed by atoms with van der Waals surface area (Å²) < 4.78 is 13.9. The molecule has 0 fully saturated rings. The first-order valence-corrected chi connectivity index (χ1v) is 20.3. The van der Waals surface area contributed by atoms with Gasteiger partial charge >= 0.3 is 0 Å². The predicted molar refractivity (Wildman–Crippen MR) is 230 cm³/mol. The van der Waals surface area contributed by atoms with E-state index in [0.29, 0.717) is 13.2 Å². The maximum Gasteiger partial charge on any atom is 0.130 e. The Kier molecular flexibility index (Phi) is 9.67. The molecule has 0 amide bonds. The summed E-state index contributed by atoms with van der Waals surface area (Å²) in [6.07, 6.45) is 3.40. The molecule has 0 saturated heterocycles. The molecular formula is C52H56N2O2. The lowest BCUT2D eigenvalue weighted by molar-refractivity contribution is 0.296. The number of aromatic nitrogens is 2. The minimum atomic E-state index is 0.370. The highest BCUT2D eigenvalue weighted by atomic mass is 16.5. The fourth-order valence-corrected chi connectivity index (χ4v) is 10.1. The highest BCUT2D eigenvalue weighted by Gasteiger charge is 2.26. The molecule has 2 aromatic heterocycles. The van der Waals surface area contributed by atoms with Crippen LogP contribution in [0.25, 0.3) is 11.4 Å². The van der Waals surface area contributed by atoms with Crippen molar-refractivity contribution in [2.24, 2.45) is 0 Å². The number of ether oxygens (including phenoxy) is 2. The number of fused-ring (bicyclic) bond motifs is 2. The van der Waals surface area contributed by atoms with E-state index in [-0.39, 0.29) is 0 Å². The number of aryl methyl sites for hydroxylation is 4. The van der Waals surface area contributed by atoms with Gasteiger partial charge in [0, 0.05) is 0 Å². The number of hydrogen-bond acceptors (Lipinski definition) is 4. The molecule has 0 atom stereocenters. The van der Waals surface area contributed by atoms with Gasteiger partial charge in [0.25, 0.3) is 0 Å². The van der Waals surface area contributed by atoms with Crippen molar-refractivity contribution in [1.82, 2.24) is 9.97 Å². The monoisotopic (exact) mass is 740 g/mol. The molecule has 14 bridgehead atoms. The maximum atomic E-state index is 6.95. The van der Waals surface area contributed by atoms with Crippen molar-refractivity contribution in [3.05, 3.63) is 171 Å². The first kappa shape index (κ1) is 37.7. The summed E-state index contributed by atoms with van der Waals surface area (Å²) in [6.45, 7) is 28.4. The van der Waals surface area contributed by atoms with Crippen molar-refractivity contribution in [3.8, 4) is 22.9 Å². The summed E-state index contributed by atoms with van der Waals surface area (Å²) in [7, 11) is 0. The van der Waals surface area contributed by atoms with Gasteiger partial charge in [-0.3, -0.25) is 0 Å². The summed E-state index contributed by atoms with van der Waals surface area (Å²) in [5.41, 5.74) is 30.3. The topological polar surface area (TPSA) is 44.2 Å². The lowest BCUT2D eigenvalue weighted by Crippen LogP contribution is -2.14. The summed E-state index contributed by atoms with van der Waals surface area (Å²) >= 11 is 0. The van der Waals surface area contributed by atoms with Crippen LogP contribution in [0.15, 0.2) is 48.5 Å². The van der Waals surface area contributed by atoms with Crippen molar-refractivity contribution >= 4 is 0 Å². The van der Waals surface area contributed by atoms with Gasteiger partial charge in [0.1, 0.15) is 24.7 Å². The molecular weight excluding hydrogens is 685 g/mol. The van der Waals surface area contributed by atoms with Crippen molar-refractivity contribution in [3.63, 3.8) is 0 Å². The average molecular weight is 741 g/mol. The Bertz CT molecular complexity index is 2310. The largest absolute Gasteiger partial charge is 0.487 e. The van der Waals surface area contributed by atoms with E-state index in [0.717, 1.165) is 60.0 Å². The molecule has 0 saturated carbocycles. The van der Waals surface area contributed by atoms with Crippen LogP contribution in [0.2, 0.25) is 0 Å². The standard InChI is InChI=1S/C52H56N2O2/c1-27-19-28(2)42-22-46-34(8)48-24-44-30(4)20-29(3)43(32(44)6)23-47-33(7)45(21-41(27)31(42)5)35(9)51(37(47)11)55-25-39-15-13-17-49(53-39)50-18-14-16-40(54-50)26-56-52(36(46)10)38(48)12/h13-20H,21-26H2,1-12H3. The Balaban J connectivity index is 1.50. The third kappa shape index (κ3) is 6.32. The third-order valence-corrected chi connectivity index (χ3v) is 13.6. The van der Waals surface area contributed by atoms with Crippen LogP contribution < -0.4 is 9.47 Å². The molecule has 4 aromatic carbocycles.